The Morgan fingerprint density at radius 3 is 2.55 bits per heavy atom. The third kappa shape index (κ3) is 4.78. The third-order valence-corrected chi connectivity index (χ3v) is 6.58. The highest BCUT2D eigenvalue weighted by Gasteiger charge is 2.39. The number of hydrazone groups is 1. The lowest BCUT2D eigenvalue weighted by Crippen LogP contribution is -2.35. The number of pyridine rings is 1. The van der Waals surface area contributed by atoms with Gasteiger partial charge in [-0.3, -0.25) is 14.4 Å². The second kappa shape index (κ2) is 10.1. The average Bonchev–Trinajstić information content (AvgIpc) is 3.33. The van der Waals surface area contributed by atoms with Crippen molar-refractivity contribution >= 4 is 40.2 Å². The monoisotopic (exact) mass is 533 g/mol. The molecule has 2 aromatic heterocycles. The fourth-order valence-electron chi connectivity index (χ4n) is 4.52. The Bertz CT molecular complexity index is 1640. The lowest BCUT2D eigenvalue weighted by molar-refractivity contribution is -0.146. The minimum Gasteiger partial charge on any atom is -0.481 e. The van der Waals surface area contributed by atoms with Crippen LogP contribution in [0.3, 0.4) is 0 Å². The highest BCUT2D eigenvalue weighted by Crippen LogP contribution is 2.37. The molecule has 1 aliphatic heterocycles. The van der Waals surface area contributed by atoms with Gasteiger partial charge in [-0.1, -0.05) is 53.6 Å². The summed E-state index contributed by atoms with van der Waals surface area (Å²) in [6.45, 7) is 1.91. The van der Waals surface area contributed by atoms with Crippen molar-refractivity contribution in [1.82, 2.24) is 20.0 Å². The molecule has 2 aromatic carbocycles. The Morgan fingerprint density at radius 2 is 1.87 bits per heavy atom. The summed E-state index contributed by atoms with van der Waals surface area (Å²) >= 11 is 6.10. The number of aryl methyl sites for hydroxylation is 1. The zero-order valence-electron chi connectivity index (χ0n) is 20.1. The van der Waals surface area contributed by atoms with Gasteiger partial charge in [0.25, 0.3) is 11.5 Å². The number of nitrogens with zero attached hydrogens (tertiary/aromatic N) is 4. The molecule has 0 saturated carbocycles. The molecule has 38 heavy (non-hydrogen) atoms. The van der Waals surface area contributed by atoms with Crippen LogP contribution < -0.4 is 5.56 Å². The molecule has 2 atom stereocenters. The summed E-state index contributed by atoms with van der Waals surface area (Å²) in [5.41, 5.74) is 3.00. The number of nitrogens with one attached hydrogen (secondary N) is 1. The number of carboxylic acid groups (broad SMARTS) is 1. The van der Waals surface area contributed by atoms with Gasteiger partial charge in [0.1, 0.15) is 12.0 Å². The molecule has 1 aliphatic rings. The fraction of sp³-hybridized carbons (Fsp3) is 0.185. The number of aromatic amines is 1. The predicted octanol–water partition coefficient (Wildman–Crippen LogP) is 4.44. The number of benzene rings is 2. The van der Waals surface area contributed by atoms with Crippen LogP contribution in [0, 0.1) is 6.92 Å². The first kappa shape index (κ1) is 25.2. The van der Waals surface area contributed by atoms with Gasteiger partial charge in [0, 0.05) is 28.6 Å². The van der Waals surface area contributed by atoms with E-state index < -0.39 is 36.1 Å². The van der Waals surface area contributed by atoms with Gasteiger partial charge >= 0.3 is 5.97 Å². The average molecular weight is 534 g/mol. The van der Waals surface area contributed by atoms with Crippen molar-refractivity contribution in [2.75, 3.05) is 0 Å². The minimum atomic E-state index is -2.30. The van der Waals surface area contributed by atoms with E-state index in [0.29, 0.717) is 32.7 Å². The number of aromatic nitrogens is 3. The first-order valence-electron chi connectivity index (χ1n) is 11.7. The zero-order valence-corrected chi connectivity index (χ0v) is 20.8. The van der Waals surface area contributed by atoms with E-state index >= 15 is 0 Å². The van der Waals surface area contributed by atoms with Crippen molar-refractivity contribution in [3.05, 3.63) is 93.1 Å². The molecule has 0 bridgehead atoms. The number of alkyl halides is 1. The summed E-state index contributed by atoms with van der Waals surface area (Å²) in [5.74, 6) is -2.54. The number of carbonyl (C=O) groups is 2. The number of aliphatic carboxylic acids is 1. The van der Waals surface area contributed by atoms with Crippen LogP contribution in [0.4, 0.5) is 4.39 Å². The Hall–Kier alpha value is -4.44. The van der Waals surface area contributed by atoms with E-state index in [1.807, 2.05) is 19.1 Å². The molecule has 0 fully saturated rings. The molecule has 0 spiro atoms. The second-order valence-corrected chi connectivity index (χ2v) is 9.36. The standard InChI is InChI=1S/C27H21ClFN5O4/c1-14-2-4-15(5-3-14)21-11-20(33-34(21)27(38)19(29)10-22(35)36)24-23(16-6-8-17(28)9-7-16)18-12-30-13-31-25(18)32-26(24)37/h2-9,12-13,19,21H,10-11H2,1H3,(H,35,36)(H,30,31,32,37). The van der Waals surface area contributed by atoms with Crippen LogP contribution >= 0.6 is 11.6 Å². The van der Waals surface area contributed by atoms with Crippen molar-refractivity contribution in [1.29, 1.82) is 0 Å². The fourth-order valence-corrected chi connectivity index (χ4v) is 4.65. The third-order valence-electron chi connectivity index (χ3n) is 6.33. The summed E-state index contributed by atoms with van der Waals surface area (Å²) in [4.78, 5) is 48.6. The summed E-state index contributed by atoms with van der Waals surface area (Å²) < 4.78 is 14.7. The highest BCUT2D eigenvalue weighted by molar-refractivity contribution is 6.30. The lowest BCUT2D eigenvalue weighted by atomic mass is 9.92. The molecular formula is C27H21ClFN5O4. The molecule has 5 rings (SSSR count). The van der Waals surface area contributed by atoms with E-state index in [1.165, 1.54) is 6.33 Å². The summed E-state index contributed by atoms with van der Waals surface area (Å²) in [6, 6.07) is 13.4. The Kier molecular flexibility index (Phi) is 6.73. The number of halogens is 2. The normalized spacial score (nSPS) is 15.9. The maximum absolute atomic E-state index is 14.7. The SMILES string of the molecule is Cc1ccc(C2CC(c3c(-c4ccc(Cl)cc4)c4cncnc4[nH]c3=O)=NN2C(=O)C(F)CC(=O)O)cc1. The molecule has 1 amide bonds. The quantitative estimate of drug-likeness (QED) is 0.377. The molecule has 192 valence electrons. The molecular weight excluding hydrogens is 513 g/mol. The van der Waals surface area contributed by atoms with Gasteiger partial charge in [0.2, 0.25) is 0 Å². The van der Waals surface area contributed by atoms with E-state index in [4.69, 9.17) is 16.7 Å². The van der Waals surface area contributed by atoms with Crippen molar-refractivity contribution in [2.45, 2.75) is 32.0 Å². The van der Waals surface area contributed by atoms with Crippen LogP contribution in [0.2, 0.25) is 5.02 Å². The molecule has 9 nitrogen and oxygen atoms in total. The smallest absolute Gasteiger partial charge is 0.306 e. The molecule has 2 N–H and O–H groups in total. The van der Waals surface area contributed by atoms with Gasteiger partial charge in [0.15, 0.2) is 6.17 Å². The second-order valence-electron chi connectivity index (χ2n) is 8.92. The number of rotatable bonds is 6. The van der Waals surface area contributed by atoms with Crippen molar-refractivity contribution in [3.63, 3.8) is 0 Å². The van der Waals surface area contributed by atoms with Crippen molar-refractivity contribution in [3.8, 4) is 11.1 Å². The van der Waals surface area contributed by atoms with E-state index in [1.54, 1.807) is 42.6 Å². The van der Waals surface area contributed by atoms with E-state index in [-0.39, 0.29) is 17.7 Å². The van der Waals surface area contributed by atoms with Crippen LogP contribution in [0.15, 0.2) is 71.0 Å². The molecule has 4 aromatic rings. The minimum absolute atomic E-state index is 0.0947. The topological polar surface area (TPSA) is 129 Å². The van der Waals surface area contributed by atoms with Crippen LogP contribution in [0.5, 0.6) is 0 Å². The molecule has 0 aliphatic carbocycles. The van der Waals surface area contributed by atoms with Gasteiger partial charge in [-0.15, -0.1) is 0 Å². The Morgan fingerprint density at radius 1 is 1.16 bits per heavy atom. The number of carboxylic acids is 1. The Labute approximate surface area is 220 Å². The number of fused-ring (bicyclic) bond motifs is 1. The van der Waals surface area contributed by atoms with E-state index in [9.17, 15) is 18.8 Å². The van der Waals surface area contributed by atoms with Gasteiger partial charge in [0.05, 0.1) is 23.7 Å². The van der Waals surface area contributed by atoms with Gasteiger partial charge in [-0.25, -0.2) is 19.4 Å². The summed E-state index contributed by atoms with van der Waals surface area (Å²) in [7, 11) is 0. The molecule has 11 heteroatoms. The molecule has 0 radical (unpaired) electrons. The first-order chi connectivity index (χ1) is 18.2. The van der Waals surface area contributed by atoms with Crippen molar-refractivity contribution in [2.24, 2.45) is 5.10 Å². The maximum Gasteiger partial charge on any atom is 0.306 e. The summed E-state index contributed by atoms with van der Waals surface area (Å²) in [5, 5.41) is 15.4. The maximum atomic E-state index is 14.7. The molecule has 0 saturated heterocycles. The number of amides is 1. The van der Waals surface area contributed by atoms with E-state index in [2.05, 4.69) is 20.1 Å². The van der Waals surface area contributed by atoms with Crippen LogP contribution in [-0.4, -0.2) is 48.8 Å². The van der Waals surface area contributed by atoms with Gasteiger partial charge in [-0.2, -0.15) is 5.10 Å². The van der Waals surface area contributed by atoms with Crippen LogP contribution in [0.1, 0.15) is 35.6 Å². The van der Waals surface area contributed by atoms with Crippen LogP contribution in [0.25, 0.3) is 22.2 Å². The first-order valence-corrected chi connectivity index (χ1v) is 12.1. The van der Waals surface area contributed by atoms with Crippen molar-refractivity contribution < 1.29 is 19.1 Å². The number of H-pyrrole nitrogens is 1. The highest BCUT2D eigenvalue weighted by atomic mass is 35.5. The predicted molar refractivity (Wildman–Crippen MR) is 140 cm³/mol. The molecule has 2 unspecified atom stereocenters. The lowest BCUT2D eigenvalue weighted by Gasteiger charge is -2.23. The number of hydrogen-bond acceptors (Lipinski definition) is 6. The zero-order chi connectivity index (χ0) is 27.0. The van der Waals surface area contributed by atoms with Crippen LogP contribution in [-0.2, 0) is 9.59 Å². The summed E-state index contributed by atoms with van der Waals surface area (Å²) in [6.07, 6.45) is -0.328. The largest absolute Gasteiger partial charge is 0.481 e. The van der Waals surface area contributed by atoms with E-state index in [0.717, 1.165) is 10.6 Å². The van der Waals surface area contributed by atoms with Gasteiger partial charge < -0.3 is 10.1 Å². The Balaban J connectivity index is 1.70. The molecule has 3 heterocycles. The van der Waals surface area contributed by atoms with Gasteiger partial charge in [-0.05, 0) is 30.2 Å². The number of carbonyl (C=O) groups excluding carboxylic acids is 1. The number of hydrogen-bond donors (Lipinski definition) is 2.